The van der Waals surface area contributed by atoms with E-state index in [0.717, 1.165) is 12.3 Å². The Labute approximate surface area is 180 Å². The van der Waals surface area contributed by atoms with Gasteiger partial charge in [-0.1, -0.05) is 12.1 Å². The lowest BCUT2D eigenvalue weighted by Crippen LogP contribution is -2.16. The van der Waals surface area contributed by atoms with Gasteiger partial charge in [-0.3, -0.25) is 14.6 Å². The Morgan fingerprint density at radius 3 is 2.50 bits per heavy atom. The van der Waals surface area contributed by atoms with Crippen LogP contribution in [0.15, 0.2) is 60.8 Å². The summed E-state index contributed by atoms with van der Waals surface area (Å²) in [5, 5.41) is 0. The number of halogens is 3. The zero-order valence-corrected chi connectivity index (χ0v) is 16.6. The zero-order chi connectivity index (χ0) is 22.9. The Balaban J connectivity index is 1.74. The van der Waals surface area contributed by atoms with Gasteiger partial charge in [0.05, 0.1) is 12.2 Å². The zero-order valence-electron chi connectivity index (χ0n) is 16.6. The predicted molar refractivity (Wildman–Crippen MR) is 108 cm³/mol. The number of fused-ring (bicyclic) bond motifs is 1. The van der Waals surface area contributed by atoms with Crippen LogP contribution >= 0.6 is 0 Å². The molecule has 0 saturated carbocycles. The van der Waals surface area contributed by atoms with Crippen LogP contribution in [0.5, 0.6) is 11.5 Å². The molecule has 1 aliphatic heterocycles. The van der Waals surface area contributed by atoms with Crippen LogP contribution in [-0.2, 0) is 6.18 Å². The number of ketones is 1. The lowest BCUT2D eigenvalue weighted by Gasteiger charge is -2.23. The van der Waals surface area contributed by atoms with Gasteiger partial charge in [0.2, 0.25) is 5.91 Å². The van der Waals surface area contributed by atoms with Crippen LogP contribution in [0.1, 0.15) is 50.1 Å². The number of primary amides is 1. The lowest BCUT2D eigenvalue weighted by atomic mass is 9.99. The average Bonchev–Trinajstić information content (AvgIpc) is 2.77. The molecular formula is C23H17F3N2O4. The van der Waals surface area contributed by atoms with E-state index in [-0.39, 0.29) is 29.9 Å². The molecule has 1 unspecified atom stereocenters. The first-order chi connectivity index (χ1) is 15.2. The van der Waals surface area contributed by atoms with E-state index >= 15 is 0 Å². The van der Waals surface area contributed by atoms with Gasteiger partial charge in [-0.25, -0.2) is 0 Å². The second-order valence-corrected chi connectivity index (χ2v) is 7.14. The van der Waals surface area contributed by atoms with Crippen LogP contribution < -0.4 is 15.2 Å². The summed E-state index contributed by atoms with van der Waals surface area (Å²) in [5.74, 6) is -0.0331. The van der Waals surface area contributed by atoms with Crippen molar-refractivity contribution in [3.8, 4) is 11.5 Å². The van der Waals surface area contributed by atoms with Crippen molar-refractivity contribution in [2.75, 3.05) is 6.61 Å². The first-order valence-electron chi connectivity index (χ1n) is 9.62. The van der Waals surface area contributed by atoms with Crippen molar-refractivity contribution in [2.24, 2.45) is 5.73 Å². The molecule has 0 fully saturated rings. The number of hydrogen-bond acceptors (Lipinski definition) is 5. The number of rotatable bonds is 5. The summed E-state index contributed by atoms with van der Waals surface area (Å²) >= 11 is 0. The van der Waals surface area contributed by atoms with Crippen molar-refractivity contribution in [1.29, 1.82) is 0 Å². The highest BCUT2D eigenvalue weighted by molar-refractivity contribution is 5.99. The fourth-order valence-corrected chi connectivity index (χ4v) is 3.37. The standard InChI is InChI=1S/C23H17F3N2O4/c24-23(25,26)20-11-15(7-9-28-20)21(13-1-3-14(4-2-13)22(27)30)32-16-5-6-17-18(29)8-10-31-19(17)12-16/h1-7,9,11-12,21H,8,10H2,(H2,27,30). The molecule has 3 aromatic rings. The molecule has 4 rings (SSSR count). The minimum absolute atomic E-state index is 0.0552. The summed E-state index contributed by atoms with van der Waals surface area (Å²) in [6.07, 6.45) is -4.25. The Bertz CT molecular complexity index is 1180. The van der Waals surface area contributed by atoms with E-state index in [9.17, 15) is 22.8 Å². The van der Waals surface area contributed by atoms with Crippen LogP contribution in [0.4, 0.5) is 13.2 Å². The molecule has 0 radical (unpaired) electrons. The van der Waals surface area contributed by atoms with Gasteiger partial charge in [-0.2, -0.15) is 13.2 Å². The maximum Gasteiger partial charge on any atom is 0.433 e. The maximum atomic E-state index is 13.2. The molecule has 0 saturated heterocycles. The maximum absolute atomic E-state index is 13.2. The third-order valence-corrected chi connectivity index (χ3v) is 4.97. The number of nitrogens with zero attached hydrogens (tertiary/aromatic N) is 1. The second kappa shape index (κ2) is 8.33. The molecule has 164 valence electrons. The van der Waals surface area contributed by atoms with Crippen LogP contribution in [0.3, 0.4) is 0 Å². The summed E-state index contributed by atoms with van der Waals surface area (Å²) < 4.78 is 51.2. The fraction of sp³-hybridized carbons (Fsp3) is 0.174. The minimum Gasteiger partial charge on any atom is -0.492 e. The molecule has 2 aromatic carbocycles. The molecule has 0 spiro atoms. The number of hydrogen-bond donors (Lipinski definition) is 1. The van der Waals surface area contributed by atoms with Gasteiger partial charge >= 0.3 is 6.18 Å². The summed E-state index contributed by atoms with van der Waals surface area (Å²) in [6, 6.07) is 13.0. The van der Waals surface area contributed by atoms with Gasteiger partial charge in [-0.05, 0) is 42.0 Å². The molecule has 1 amide bonds. The number of nitrogens with two attached hydrogens (primary N) is 1. The Morgan fingerprint density at radius 2 is 1.81 bits per heavy atom. The average molecular weight is 442 g/mol. The van der Waals surface area contributed by atoms with Crippen LogP contribution in [0, 0.1) is 0 Å². The van der Waals surface area contributed by atoms with Crippen molar-refractivity contribution < 1.29 is 32.2 Å². The van der Waals surface area contributed by atoms with E-state index in [1.54, 1.807) is 24.3 Å². The number of amides is 1. The fourth-order valence-electron chi connectivity index (χ4n) is 3.37. The number of alkyl halides is 3. The summed E-state index contributed by atoms with van der Waals surface area (Å²) in [6.45, 7) is 0.243. The van der Waals surface area contributed by atoms with Gasteiger partial charge in [0.15, 0.2) is 5.78 Å². The van der Waals surface area contributed by atoms with Crippen LogP contribution in [-0.4, -0.2) is 23.3 Å². The van der Waals surface area contributed by atoms with Crippen LogP contribution in [0.2, 0.25) is 0 Å². The van der Waals surface area contributed by atoms with Gasteiger partial charge in [0, 0.05) is 29.8 Å². The summed E-state index contributed by atoms with van der Waals surface area (Å²) in [7, 11) is 0. The SMILES string of the molecule is NC(=O)c1ccc(C(Oc2ccc3c(c2)OCCC3=O)c2ccnc(C(F)(F)F)c2)cc1. The van der Waals surface area contributed by atoms with E-state index < -0.39 is 23.9 Å². The van der Waals surface area contributed by atoms with E-state index in [1.165, 1.54) is 24.3 Å². The highest BCUT2D eigenvalue weighted by atomic mass is 19.4. The Kier molecular flexibility index (Phi) is 5.56. The minimum atomic E-state index is -4.63. The van der Waals surface area contributed by atoms with Gasteiger partial charge in [0.1, 0.15) is 23.3 Å². The number of benzene rings is 2. The molecule has 1 aliphatic rings. The number of Topliss-reactive ketones (excluding diaryl/α,β-unsaturated/α-hetero) is 1. The Morgan fingerprint density at radius 1 is 1.06 bits per heavy atom. The first-order valence-corrected chi connectivity index (χ1v) is 9.62. The topological polar surface area (TPSA) is 91.5 Å². The number of carbonyl (C=O) groups excluding carboxylic acids is 2. The van der Waals surface area contributed by atoms with Crippen molar-refractivity contribution in [1.82, 2.24) is 4.98 Å². The highest BCUT2D eigenvalue weighted by Crippen LogP contribution is 2.35. The van der Waals surface area contributed by atoms with E-state index in [1.807, 2.05) is 0 Å². The number of carbonyl (C=O) groups is 2. The molecule has 9 heteroatoms. The van der Waals surface area contributed by atoms with E-state index in [0.29, 0.717) is 22.6 Å². The second-order valence-electron chi connectivity index (χ2n) is 7.14. The van der Waals surface area contributed by atoms with E-state index in [4.69, 9.17) is 15.2 Å². The molecule has 1 atom stereocenters. The lowest BCUT2D eigenvalue weighted by molar-refractivity contribution is -0.141. The number of ether oxygens (including phenoxy) is 2. The van der Waals surface area contributed by atoms with Crippen molar-refractivity contribution >= 4 is 11.7 Å². The molecule has 0 aliphatic carbocycles. The number of pyridine rings is 1. The van der Waals surface area contributed by atoms with Crippen LogP contribution in [0.25, 0.3) is 0 Å². The first kappa shape index (κ1) is 21.4. The predicted octanol–water partition coefficient (Wildman–Crippen LogP) is 4.33. The molecular weight excluding hydrogens is 425 g/mol. The highest BCUT2D eigenvalue weighted by Gasteiger charge is 2.33. The molecule has 32 heavy (non-hydrogen) atoms. The molecule has 2 N–H and O–H groups in total. The van der Waals surface area contributed by atoms with Gasteiger partial charge in [-0.15, -0.1) is 0 Å². The number of aromatic nitrogens is 1. The van der Waals surface area contributed by atoms with Crippen molar-refractivity contribution in [3.05, 3.63) is 88.7 Å². The molecule has 1 aromatic heterocycles. The largest absolute Gasteiger partial charge is 0.492 e. The van der Waals surface area contributed by atoms with Gasteiger partial charge in [0.25, 0.3) is 0 Å². The van der Waals surface area contributed by atoms with E-state index in [2.05, 4.69) is 4.98 Å². The molecule has 2 heterocycles. The quantitative estimate of drug-likeness (QED) is 0.635. The van der Waals surface area contributed by atoms with Crippen molar-refractivity contribution in [3.63, 3.8) is 0 Å². The Hall–Kier alpha value is -3.88. The summed E-state index contributed by atoms with van der Waals surface area (Å²) in [4.78, 5) is 26.8. The molecule has 0 bridgehead atoms. The molecule has 6 nitrogen and oxygen atoms in total. The third kappa shape index (κ3) is 4.41. The summed E-state index contributed by atoms with van der Waals surface area (Å²) in [5.41, 5.74) is 5.58. The monoisotopic (exact) mass is 442 g/mol. The smallest absolute Gasteiger partial charge is 0.433 e. The van der Waals surface area contributed by atoms with Crippen molar-refractivity contribution in [2.45, 2.75) is 18.7 Å². The third-order valence-electron chi connectivity index (χ3n) is 4.97. The van der Waals surface area contributed by atoms with Gasteiger partial charge < -0.3 is 15.2 Å². The normalized spacial score (nSPS) is 14.3.